The number of sulfonamides is 1. The molecule has 1 aliphatic heterocycles. The van der Waals surface area contributed by atoms with Crippen molar-refractivity contribution in [2.75, 3.05) is 40.3 Å². The third kappa shape index (κ3) is 6.83. The van der Waals surface area contributed by atoms with Crippen molar-refractivity contribution in [3.8, 4) is 5.75 Å². The molecule has 0 atom stereocenters. The fourth-order valence-electron chi connectivity index (χ4n) is 3.67. The SMILES string of the molecule is CN(C)S(=O)(=O)c1ccc(OCCNC(=O)C2CCN(Cc3c(Cl)cccc3Cl)CC2)cc1. The molecular formula is C23H29Cl2N3O4S. The first-order chi connectivity index (χ1) is 15.7. The summed E-state index contributed by atoms with van der Waals surface area (Å²) in [7, 11) is -0.491. The van der Waals surface area contributed by atoms with Crippen LogP contribution in [0.3, 0.4) is 0 Å². The molecule has 0 aliphatic carbocycles. The van der Waals surface area contributed by atoms with E-state index in [4.69, 9.17) is 27.9 Å². The highest BCUT2D eigenvalue weighted by molar-refractivity contribution is 7.89. The second-order valence-electron chi connectivity index (χ2n) is 8.15. The minimum Gasteiger partial charge on any atom is -0.492 e. The largest absolute Gasteiger partial charge is 0.492 e. The molecule has 2 aromatic carbocycles. The normalized spacial score (nSPS) is 15.5. The predicted octanol–water partition coefficient (Wildman–Crippen LogP) is 3.65. The van der Waals surface area contributed by atoms with Crippen molar-refractivity contribution in [1.29, 1.82) is 0 Å². The molecule has 1 N–H and O–H groups in total. The van der Waals surface area contributed by atoms with Crippen molar-refractivity contribution in [1.82, 2.24) is 14.5 Å². The Morgan fingerprint density at radius 1 is 1.09 bits per heavy atom. The first-order valence-corrected chi connectivity index (χ1v) is 13.0. The molecule has 0 radical (unpaired) electrons. The van der Waals surface area contributed by atoms with Crippen molar-refractivity contribution < 1.29 is 17.9 Å². The second-order valence-corrected chi connectivity index (χ2v) is 11.1. The van der Waals surface area contributed by atoms with E-state index in [-0.39, 0.29) is 16.7 Å². The van der Waals surface area contributed by atoms with Gasteiger partial charge in [0.25, 0.3) is 0 Å². The molecular weight excluding hydrogens is 485 g/mol. The maximum absolute atomic E-state index is 12.5. The van der Waals surface area contributed by atoms with Gasteiger partial charge in [0, 0.05) is 42.2 Å². The zero-order chi connectivity index (χ0) is 24.0. The van der Waals surface area contributed by atoms with Crippen LogP contribution in [-0.4, -0.2) is 63.9 Å². The fraction of sp³-hybridized carbons (Fsp3) is 0.435. The zero-order valence-corrected chi connectivity index (χ0v) is 21.1. The first-order valence-electron chi connectivity index (χ1n) is 10.8. The Morgan fingerprint density at radius 3 is 2.27 bits per heavy atom. The third-order valence-electron chi connectivity index (χ3n) is 5.67. The summed E-state index contributed by atoms with van der Waals surface area (Å²) >= 11 is 12.5. The molecule has 1 aliphatic rings. The van der Waals surface area contributed by atoms with Crippen LogP contribution in [0.5, 0.6) is 5.75 Å². The minimum atomic E-state index is -3.46. The van der Waals surface area contributed by atoms with Gasteiger partial charge in [0.1, 0.15) is 12.4 Å². The number of benzene rings is 2. The van der Waals surface area contributed by atoms with Gasteiger partial charge >= 0.3 is 0 Å². The minimum absolute atomic E-state index is 0.0291. The third-order valence-corrected chi connectivity index (χ3v) is 8.21. The topological polar surface area (TPSA) is 79.0 Å². The van der Waals surface area contributed by atoms with E-state index in [0.717, 1.165) is 35.8 Å². The van der Waals surface area contributed by atoms with Crippen LogP contribution in [0.4, 0.5) is 0 Å². The summed E-state index contributed by atoms with van der Waals surface area (Å²) in [6.45, 7) is 2.97. The molecule has 7 nitrogen and oxygen atoms in total. The van der Waals surface area contributed by atoms with Gasteiger partial charge in [0.05, 0.1) is 11.4 Å². The summed E-state index contributed by atoms with van der Waals surface area (Å²) in [6.07, 6.45) is 1.55. The van der Waals surface area contributed by atoms with Gasteiger partial charge in [0.2, 0.25) is 15.9 Å². The Bertz CT molecular complexity index is 1030. The van der Waals surface area contributed by atoms with Crippen LogP contribution < -0.4 is 10.1 Å². The summed E-state index contributed by atoms with van der Waals surface area (Å²) in [4.78, 5) is 15.0. The number of hydrogen-bond acceptors (Lipinski definition) is 5. The van der Waals surface area contributed by atoms with Gasteiger partial charge in [0.15, 0.2) is 0 Å². The number of likely N-dealkylation sites (tertiary alicyclic amines) is 1. The van der Waals surface area contributed by atoms with Gasteiger partial charge in [-0.1, -0.05) is 29.3 Å². The fourth-order valence-corrected chi connectivity index (χ4v) is 5.08. The molecule has 0 aromatic heterocycles. The summed E-state index contributed by atoms with van der Waals surface area (Å²) in [5, 5.41) is 4.26. The molecule has 1 saturated heterocycles. The van der Waals surface area contributed by atoms with Crippen LogP contribution in [0.1, 0.15) is 18.4 Å². The van der Waals surface area contributed by atoms with Crippen molar-refractivity contribution in [3.05, 3.63) is 58.1 Å². The number of piperidine rings is 1. The summed E-state index contributed by atoms with van der Waals surface area (Å²) in [6, 6.07) is 11.7. The standard InChI is InChI=1S/C23H29Cl2N3O4S/c1-27(2)33(30,31)19-8-6-18(7-9-19)32-15-12-26-23(29)17-10-13-28(14-11-17)16-20-21(24)4-3-5-22(20)25/h3-9,17H,10-16H2,1-2H3,(H,26,29). The van der Waals surface area contributed by atoms with Crippen LogP contribution >= 0.6 is 23.2 Å². The lowest BCUT2D eigenvalue weighted by Crippen LogP contribution is -2.41. The lowest BCUT2D eigenvalue weighted by molar-refractivity contribution is -0.126. The van der Waals surface area contributed by atoms with Gasteiger partial charge in [-0.3, -0.25) is 9.69 Å². The molecule has 180 valence electrons. The Balaban J connectivity index is 1.38. The highest BCUT2D eigenvalue weighted by Crippen LogP contribution is 2.27. The van der Waals surface area contributed by atoms with Crippen LogP contribution in [0.25, 0.3) is 0 Å². The first kappa shape index (κ1) is 25.8. The lowest BCUT2D eigenvalue weighted by Gasteiger charge is -2.31. The van der Waals surface area contributed by atoms with Crippen LogP contribution in [-0.2, 0) is 21.4 Å². The lowest BCUT2D eigenvalue weighted by atomic mass is 9.95. The van der Waals surface area contributed by atoms with E-state index in [2.05, 4.69) is 10.2 Å². The van der Waals surface area contributed by atoms with Gasteiger partial charge in [-0.05, 0) is 62.3 Å². The molecule has 0 bridgehead atoms. The zero-order valence-electron chi connectivity index (χ0n) is 18.8. The van der Waals surface area contributed by atoms with Crippen molar-refractivity contribution in [2.45, 2.75) is 24.3 Å². The number of carbonyl (C=O) groups is 1. The number of hydrogen-bond donors (Lipinski definition) is 1. The molecule has 3 rings (SSSR count). The average Bonchev–Trinajstić information content (AvgIpc) is 2.80. The van der Waals surface area contributed by atoms with Crippen LogP contribution in [0.15, 0.2) is 47.4 Å². The smallest absolute Gasteiger partial charge is 0.242 e. The van der Waals surface area contributed by atoms with E-state index in [1.807, 2.05) is 18.2 Å². The Kier molecular flexibility index (Phi) is 9.01. The monoisotopic (exact) mass is 513 g/mol. The number of nitrogens with one attached hydrogen (secondary N) is 1. The van der Waals surface area contributed by atoms with Crippen molar-refractivity contribution in [3.63, 3.8) is 0 Å². The predicted molar refractivity (Wildman–Crippen MR) is 130 cm³/mol. The Labute approximate surface area is 205 Å². The van der Waals surface area contributed by atoms with E-state index >= 15 is 0 Å². The molecule has 0 spiro atoms. The Morgan fingerprint density at radius 2 is 1.70 bits per heavy atom. The van der Waals surface area contributed by atoms with E-state index in [1.54, 1.807) is 12.1 Å². The van der Waals surface area contributed by atoms with E-state index in [9.17, 15) is 13.2 Å². The van der Waals surface area contributed by atoms with E-state index in [1.165, 1.54) is 26.2 Å². The number of carbonyl (C=O) groups excluding carboxylic acids is 1. The molecule has 0 saturated carbocycles. The highest BCUT2D eigenvalue weighted by atomic mass is 35.5. The van der Waals surface area contributed by atoms with Crippen molar-refractivity contribution in [2.24, 2.45) is 5.92 Å². The number of nitrogens with zero attached hydrogens (tertiary/aromatic N) is 2. The maximum atomic E-state index is 12.5. The molecule has 1 heterocycles. The van der Waals surface area contributed by atoms with Gasteiger partial charge in [-0.25, -0.2) is 12.7 Å². The number of rotatable bonds is 9. The molecule has 2 aromatic rings. The quantitative estimate of drug-likeness (QED) is 0.517. The van der Waals surface area contributed by atoms with Crippen molar-refractivity contribution >= 4 is 39.1 Å². The van der Waals surface area contributed by atoms with Gasteiger partial charge < -0.3 is 10.1 Å². The molecule has 1 fully saturated rings. The van der Waals surface area contributed by atoms with Crippen LogP contribution in [0, 0.1) is 5.92 Å². The molecule has 0 unspecified atom stereocenters. The van der Waals surface area contributed by atoms with Gasteiger partial charge in [-0.2, -0.15) is 0 Å². The number of amides is 1. The van der Waals surface area contributed by atoms with Crippen LogP contribution in [0.2, 0.25) is 10.0 Å². The summed E-state index contributed by atoms with van der Waals surface area (Å²) in [5.41, 5.74) is 0.924. The summed E-state index contributed by atoms with van der Waals surface area (Å²) < 4.78 is 31.0. The maximum Gasteiger partial charge on any atom is 0.242 e. The van der Waals surface area contributed by atoms with E-state index < -0.39 is 10.0 Å². The Hall–Kier alpha value is -1.84. The average molecular weight is 514 g/mol. The van der Waals surface area contributed by atoms with E-state index in [0.29, 0.717) is 35.5 Å². The number of halogens is 2. The number of ether oxygens (including phenoxy) is 1. The van der Waals surface area contributed by atoms with Gasteiger partial charge in [-0.15, -0.1) is 0 Å². The highest BCUT2D eigenvalue weighted by Gasteiger charge is 2.25. The molecule has 33 heavy (non-hydrogen) atoms. The molecule has 1 amide bonds. The second kappa shape index (κ2) is 11.5. The molecule has 10 heteroatoms. The summed E-state index contributed by atoms with van der Waals surface area (Å²) in [5.74, 6) is 0.549.